The zero-order valence-electron chi connectivity index (χ0n) is 21.4. The molecule has 0 aromatic rings. The van der Waals surface area contributed by atoms with Gasteiger partial charge in [-0.1, -0.05) is 0 Å². The highest BCUT2D eigenvalue weighted by Gasteiger charge is 2.32. The Morgan fingerprint density at radius 2 is 0.656 bits per heavy atom. The molecule has 0 unspecified atom stereocenters. The lowest BCUT2D eigenvalue weighted by Crippen LogP contribution is -2.31. The van der Waals surface area contributed by atoms with Crippen LogP contribution in [-0.4, -0.2) is 46.3 Å². The third-order valence-electron chi connectivity index (χ3n) is 2.87. The Balaban J connectivity index is 6.65. The average molecular weight is 455 g/mol. The molecule has 0 saturated carbocycles. The first-order chi connectivity index (χ1) is 14.0. The van der Waals surface area contributed by atoms with Gasteiger partial charge in [-0.05, 0) is 83.1 Å². The summed E-state index contributed by atoms with van der Waals surface area (Å²) in [5, 5.41) is 0. The van der Waals surface area contributed by atoms with Crippen molar-refractivity contribution in [1.29, 1.82) is 0 Å². The van der Waals surface area contributed by atoms with Gasteiger partial charge in [0.05, 0.1) is 11.1 Å². The Labute approximate surface area is 191 Å². The lowest BCUT2D eigenvalue weighted by Gasteiger charge is -2.24. The van der Waals surface area contributed by atoms with Crippen molar-refractivity contribution in [1.82, 2.24) is 0 Å². The van der Waals surface area contributed by atoms with Crippen LogP contribution in [-0.2, 0) is 38.1 Å². The molecular weight excluding hydrogens is 416 g/mol. The van der Waals surface area contributed by atoms with Gasteiger partial charge >= 0.3 is 23.9 Å². The van der Waals surface area contributed by atoms with Crippen LogP contribution < -0.4 is 0 Å². The smallest absolute Gasteiger partial charge is 0.339 e. The Morgan fingerprint density at radius 3 is 0.844 bits per heavy atom. The maximum Gasteiger partial charge on any atom is 0.339 e. The summed E-state index contributed by atoms with van der Waals surface area (Å²) in [6.07, 6.45) is 1.64. The molecule has 0 amide bonds. The zero-order valence-corrected chi connectivity index (χ0v) is 21.4. The number of esters is 4. The Bertz CT molecular complexity index is 720. The van der Waals surface area contributed by atoms with Gasteiger partial charge < -0.3 is 18.9 Å². The molecule has 32 heavy (non-hydrogen) atoms. The molecule has 0 N–H and O–H groups in total. The van der Waals surface area contributed by atoms with Crippen LogP contribution in [0.5, 0.6) is 0 Å². The fourth-order valence-corrected chi connectivity index (χ4v) is 2.06. The second kappa shape index (κ2) is 10.3. The first kappa shape index (κ1) is 29.4. The molecule has 8 heteroatoms. The minimum atomic E-state index is -0.996. The summed E-state index contributed by atoms with van der Waals surface area (Å²) in [6.45, 7) is 19.7. The Hall–Kier alpha value is -2.64. The lowest BCUT2D eigenvalue weighted by atomic mass is 10.0. The molecule has 0 fully saturated rings. The van der Waals surface area contributed by atoms with Gasteiger partial charge in [0.15, 0.2) is 0 Å². The van der Waals surface area contributed by atoms with Gasteiger partial charge in [-0.2, -0.15) is 0 Å². The molecule has 8 nitrogen and oxygen atoms in total. The molecule has 0 aliphatic heterocycles. The van der Waals surface area contributed by atoms with E-state index in [1.165, 1.54) is 0 Å². The topological polar surface area (TPSA) is 105 Å². The van der Waals surface area contributed by atoms with E-state index in [9.17, 15) is 19.2 Å². The van der Waals surface area contributed by atoms with Crippen molar-refractivity contribution in [3.8, 4) is 0 Å². The van der Waals surface area contributed by atoms with Crippen molar-refractivity contribution in [2.24, 2.45) is 0 Å². The molecule has 0 bridgehead atoms. The molecule has 0 aromatic heterocycles. The van der Waals surface area contributed by atoms with Crippen molar-refractivity contribution in [2.75, 3.05) is 0 Å². The van der Waals surface area contributed by atoms with Gasteiger partial charge in [0.25, 0.3) is 0 Å². The van der Waals surface area contributed by atoms with E-state index in [2.05, 4.69) is 0 Å². The second-order valence-corrected chi connectivity index (χ2v) is 11.2. The minimum Gasteiger partial charge on any atom is -0.457 e. The van der Waals surface area contributed by atoms with Gasteiger partial charge in [0.1, 0.15) is 22.4 Å². The molecule has 182 valence electrons. The molecule has 0 atom stereocenters. The third kappa shape index (κ3) is 13.6. The molecular formula is C24H38O8. The van der Waals surface area contributed by atoms with E-state index >= 15 is 0 Å². The first-order valence-corrected chi connectivity index (χ1v) is 10.4. The summed E-state index contributed by atoms with van der Waals surface area (Å²) in [4.78, 5) is 50.8. The zero-order chi connectivity index (χ0) is 25.7. The fourth-order valence-electron chi connectivity index (χ4n) is 2.06. The van der Waals surface area contributed by atoms with Gasteiger partial charge in [0.2, 0.25) is 0 Å². The largest absolute Gasteiger partial charge is 0.457 e. The summed E-state index contributed by atoms with van der Waals surface area (Å²) in [6, 6.07) is 0. The van der Waals surface area contributed by atoms with E-state index in [0.29, 0.717) is 0 Å². The van der Waals surface area contributed by atoms with Crippen molar-refractivity contribution < 1.29 is 38.1 Å². The van der Waals surface area contributed by atoms with E-state index < -0.39 is 57.4 Å². The molecule has 0 aliphatic rings. The normalized spacial score (nSPS) is 13.9. The van der Waals surface area contributed by atoms with Crippen molar-refractivity contribution in [3.63, 3.8) is 0 Å². The summed E-state index contributed by atoms with van der Waals surface area (Å²) in [5.74, 6) is -3.78. The standard InChI is InChI=1S/C24H38O8/c1-21(2,3)29-17(25)13-15(19(27)31-23(7,8)9)16(20(28)32-24(10,11)12)14-18(26)30-22(4,5)6/h13-14H,1-12H3/b15-13-,16-14-. The van der Waals surface area contributed by atoms with E-state index in [-0.39, 0.29) is 0 Å². The van der Waals surface area contributed by atoms with Crippen LogP contribution in [0, 0.1) is 0 Å². The molecule has 0 aromatic carbocycles. The molecule has 0 aliphatic carbocycles. The van der Waals surface area contributed by atoms with Crippen molar-refractivity contribution >= 4 is 23.9 Å². The molecule has 0 radical (unpaired) electrons. The summed E-state index contributed by atoms with van der Waals surface area (Å²) >= 11 is 0. The predicted molar refractivity (Wildman–Crippen MR) is 120 cm³/mol. The second-order valence-electron chi connectivity index (χ2n) is 11.2. The fraction of sp³-hybridized carbons (Fsp3) is 0.667. The van der Waals surface area contributed by atoms with Gasteiger partial charge in [-0.25, -0.2) is 19.2 Å². The maximum atomic E-state index is 12.9. The highest BCUT2D eigenvalue weighted by molar-refractivity contribution is 6.12. The van der Waals surface area contributed by atoms with Crippen LogP contribution in [0.15, 0.2) is 23.3 Å². The number of carbonyl (C=O) groups excluding carboxylic acids is 4. The number of ether oxygens (including phenoxy) is 4. The van der Waals surface area contributed by atoms with E-state index in [0.717, 1.165) is 12.2 Å². The average Bonchev–Trinajstić information content (AvgIpc) is 2.43. The Morgan fingerprint density at radius 1 is 0.438 bits per heavy atom. The predicted octanol–water partition coefficient (Wildman–Crippen LogP) is 4.21. The minimum absolute atomic E-state index is 0.478. The van der Waals surface area contributed by atoms with E-state index in [1.54, 1.807) is 83.1 Å². The van der Waals surface area contributed by atoms with Crippen molar-refractivity contribution in [2.45, 2.75) is 105 Å². The van der Waals surface area contributed by atoms with Crippen LogP contribution >= 0.6 is 0 Å². The number of rotatable bonds is 5. The molecule has 0 spiro atoms. The third-order valence-corrected chi connectivity index (χ3v) is 2.87. The van der Waals surface area contributed by atoms with E-state index in [4.69, 9.17) is 18.9 Å². The highest BCUT2D eigenvalue weighted by Crippen LogP contribution is 2.23. The quantitative estimate of drug-likeness (QED) is 0.263. The Kier molecular flexibility index (Phi) is 9.47. The molecule has 0 heterocycles. The van der Waals surface area contributed by atoms with E-state index in [1.807, 2.05) is 0 Å². The van der Waals surface area contributed by atoms with Crippen molar-refractivity contribution in [3.05, 3.63) is 23.3 Å². The summed E-state index contributed by atoms with van der Waals surface area (Å²) in [5.41, 5.74) is -4.53. The number of hydrogen-bond acceptors (Lipinski definition) is 8. The molecule has 0 saturated heterocycles. The van der Waals surface area contributed by atoms with Gasteiger partial charge in [0, 0.05) is 12.2 Å². The SMILES string of the molecule is CC(C)(C)OC(=O)/C=C(C(=O)OC(C)(C)C)/C(=C/C(=O)OC(C)(C)C)C(=O)OC(C)(C)C. The van der Waals surface area contributed by atoms with Gasteiger partial charge in [-0.3, -0.25) is 0 Å². The summed E-state index contributed by atoms with van der Waals surface area (Å²) < 4.78 is 21.2. The number of hydrogen-bond donors (Lipinski definition) is 0. The monoisotopic (exact) mass is 454 g/mol. The van der Waals surface area contributed by atoms with Crippen LogP contribution in [0.25, 0.3) is 0 Å². The first-order valence-electron chi connectivity index (χ1n) is 10.4. The number of carbonyl (C=O) groups is 4. The van der Waals surface area contributed by atoms with Gasteiger partial charge in [-0.15, -0.1) is 0 Å². The van der Waals surface area contributed by atoms with Crippen LogP contribution in [0.2, 0.25) is 0 Å². The lowest BCUT2D eigenvalue weighted by molar-refractivity contribution is -0.155. The summed E-state index contributed by atoms with van der Waals surface area (Å²) in [7, 11) is 0. The van der Waals surface area contributed by atoms with Crippen LogP contribution in [0.4, 0.5) is 0 Å². The van der Waals surface area contributed by atoms with Crippen LogP contribution in [0.1, 0.15) is 83.1 Å². The highest BCUT2D eigenvalue weighted by atomic mass is 16.6. The van der Waals surface area contributed by atoms with Crippen LogP contribution in [0.3, 0.4) is 0 Å². The maximum absolute atomic E-state index is 12.9. The molecule has 0 rings (SSSR count).